The molecule has 2 heterocycles. The predicted octanol–water partition coefficient (Wildman–Crippen LogP) is 0.821. The van der Waals surface area contributed by atoms with Crippen LogP contribution in [0.15, 0.2) is 12.4 Å². The lowest BCUT2D eigenvalue weighted by molar-refractivity contribution is 0.729. The monoisotopic (exact) mass is 234 g/mol. The van der Waals surface area contributed by atoms with Crippen molar-refractivity contribution in [3.63, 3.8) is 0 Å². The maximum Gasteiger partial charge on any atom is 0.143 e. The molecule has 2 aromatic heterocycles. The van der Waals surface area contributed by atoms with Gasteiger partial charge < -0.3 is 9.99 Å². The summed E-state index contributed by atoms with van der Waals surface area (Å²) in [5.41, 5.74) is 4.78. The molecule has 2 rings (SSSR count). The zero-order valence-electron chi connectivity index (χ0n) is 10.4. The number of nitrogens with zero attached hydrogens (tertiary/aromatic N) is 4. The lowest BCUT2D eigenvalue weighted by atomic mass is 10.2. The number of nitrogens with one attached hydrogen (secondary N) is 1. The number of aromatic nitrogens is 4. The Kier molecular flexibility index (Phi) is 3.14. The second-order valence-electron chi connectivity index (χ2n) is 4.01. The molecule has 0 aliphatic rings. The van der Waals surface area contributed by atoms with Crippen LogP contribution in [0.3, 0.4) is 0 Å². The number of hydrogen-bond donors (Lipinski definition) is 2. The first-order valence-electron chi connectivity index (χ1n) is 5.66. The van der Waals surface area contributed by atoms with Gasteiger partial charge in [-0.05, 0) is 6.92 Å². The number of nitrogen functional groups attached to an aromatic ring is 1. The van der Waals surface area contributed by atoms with Gasteiger partial charge in [-0.2, -0.15) is 5.10 Å². The molecule has 0 unspecified atom stereocenters. The van der Waals surface area contributed by atoms with Gasteiger partial charge in [0.1, 0.15) is 11.6 Å². The van der Waals surface area contributed by atoms with Crippen molar-refractivity contribution in [1.82, 2.24) is 19.3 Å². The molecule has 92 valence electrons. The lowest BCUT2D eigenvalue weighted by Crippen LogP contribution is -2.14. The zero-order valence-corrected chi connectivity index (χ0v) is 10.4. The van der Waals surface area contributed by atoms with Crippen LogP contribution in [0.5, 0.6) is 0 Å². The van der Waals surface area contributed by atoms with E-state index in [4.69, 9.17) is 5.84 Å². The van der Waals surface area contributed by atoms with E-state index in [0.29, 0.717) is 0 Å². The highest BCUT2D eigenvalue weighted by molar-refractivity contribution is 5.46. The Balaban J connectivity index is 2.36. The molecule has 17 heavy (non-hydrogen) atoms. The van der Waals surface area contributed by atoms with Crippen LogP contribution in [0.2, 0.25) is 0 Å². The molecule has 0 spiro atoms. The van der Waals surface area contributed by atoms with E-state index in [1.807, 2.05) is 26.4 Å². The Morgan fingerprint density at radius 1 is 1.47 bits per heavy atom. The van der Waals surface area contributed by atoms with Gasteiger partial charge in [0, 0.05) is 31.4 Å². The van der Waals surface area contributed by atoms with Gasteiger partial charge in [0.2, 0.25) is 0 Å². The van der Waals surface area contributed by atoms with Gasteiger partial charge in [-0.1, -0.05) is 6.92 Å². The fourth-order valence-electron chi connectivity index (χ4n) is 2.04. The highest BCUT2D eigenvalue weighted by Crippen LogP contribution is 2.19. The minimum atomic E-state index is 0.738. The SMILES string of the molecule is CCc1nccn1Cc1c(C)nn(C)c1NN. The zero-order chi connectivity index (χ0) is 12.4. The van der Waals surface area contributed by atoms with Crippen LogP contribution < -0.4 is 11.3 Å². The minimum absolute atomic E-state index is 0.738. The first-order chi connectivity index (χ1) is 8.17. The molecule has 0 radical (unpaired) electrons. The molecule has 2 aromatic rings. The Bertz CT molecular complexity index is 510. The van der Waals surface area contributed by atoms with E-state index >= 15 is 0 Å². The molecule has 6 nitrogen and oxygen atoms in total. The van der Waals surface area contributed by atoms with Crippen molar-refractivity contribution in [2.45, 2.75) is 26.8 Å². The van der Waals surface area contributed by atoms with Gasteiger partial charge in [0.05, 0.1) is 12.2 Å². The maximum atomic E-state index is 5.53. The van der Waals surface area contributed by atoms with E-state index in [9.17, 15) is 0 Å². The third-order valence-corrected chi connectivity index (χ3v) is 2.93. The Hall–Kier alpha value is -1.82. The summed E-state index contributed by atoms with van der Waals surface area (Å²) in [6, 6.07) is 0. The van der Waals surface area contributed by atoms with Crippen LogP contribution >= 0.6 is 0 Å². The molecule has 0 amide bonds. The standard InChI is InChI=1S/C11H18N6/c1-4-10-13-5-6-17(10)7-9-8(2)15-16(3)11(9)14-12/h5-6,14H,4,7,12H2,1-3H3. The first kappa shape index (κ1) is 11.7. The minimum Gasteiger partial charge on any atom is -0.330 e. The largest absolute Gasteiger partial charge is 0.330 e. The summed E-state index contributed by atoms with van der Waals surface area (Å²) in [5, 5.41) is 4.36. The molecule has 0 aliphatic carbocycles. The van der Waals surface area contributed by atoms with E-state index in [-0.39, 0.29) is 0 Å². The third-order valence-electron chi connectivity index (χ3n) is 2.93. The Morgan fingerprint density at radius 2 is 2.24 bits per heavy atom. The van der Waals surface area contributed by atoms with E-state index in [0.717, 1.165) is 35.9 Å². The molecule has 0 saturated heterocycles. The quantitative estimate of drug-likeness (QED) is 0.607. The average Bonchev–Trinajstić information content (AvgIpc) is 2.85. The van der Waals surface area contributed by atoms with Gasteiger partial charge in [0.15, 0.2) is 0 Å². The van der Waals surface area contributed by atoms with Crippen LogP contribution in [0, 0.1) is 6.92 Å². The number of hydrogen-bond acceptors (Lipinski definition) is 4. The molecular weight excluding hydrogens is 216 g/mol. The molecule has 0 saturated carbocycles. The number of rotatable bonds is 4. The van der Waals surface area contributed by atoms with Crippen molar-refractivity contribution in [1.29, 1.82) is 0 Å². The van der Waals surface area contributed by atoms with Gasteiger partial charge >= 0.3 is 0 Å². The Labute approximate surface area is 100 Å². The van der Waals surface area contributed by atoms with E-state index < -0.39 is 0 Å². The number of hydrazine groups is 1. The van der Waals surface area contributed by atoms with Crippen molar-refractivity contribution in [2.75, 3.05) is 5.43 Å². The van der Waals surface area contributed by atoms with E-state index in [1.165, 1.54) is 0 Å². The predicted molar refractivity (Wildman–Crippen MR) is 66.5 cm³/mol. The molecule has 0 bridgehead atoms. The van der Waals surface area contributed by atoms with E-state index in [1.54, 1.807) is 4.68 Å². The second kappa shape index (κ2) is 4.58. The fraction of sp³-hybridized carbons (Fsp3) is 0.455. The summed E-state index contributed by atoms with van der Waals surface area (Å²) in [7, 11) is 1.88. The second-order valence-corrected chi connectivity index (χ2v) is 4.01. The van der Waals surface area contributed by atoms with Crippen molar-refractivity contribution < 1.29 is 0 Å². The van der Waals surface area contributed by atoms with E-state index in [2.05, 4.69) is 27.0 Å². The number of anilines is 1. The summed E-state index contributed by atoms with van der Waals surface area (Å²) in [4.78, 5) is 4.31. The topological polar surface area (TPSA) is 73.7 Å². The third kappa shape index (κ3) is 2.03. The number of nitrogens with two attached hydrogens (primary N) is 1. The van der Waals surface area contributed by atoms with Crippen LogP contribution in [-0.4, -0.2) is 19.3 Å². The molecule has 0 aliphatic heterocycles. The normalized spacial score (nSPS) is 10.8. The highest BCUT2D eigenvalue weighted by Gasteiger charge is 2.13. The summed E-state index contributed by atoms with van der Waals surface area (Å²) >= 11 is 0. The summed E-state index contributed by atoms with van der Waals surface area (Å²) < 4.78 is 3.87. The fourth-order valence-corrected chi connectivity index (χ4v) is 2.04. The van der Waals surface area contributed by atoms with Crippen LogP contribution in [0.1, 0.15) is 24.0 Å². The van der Waals surface area contributed by atoms with Crippen LogP contribution in [0.25, 0.3) is 0 Å². The number of aryl methyl sites for hydroxylation is 3. The number of imidazole rings is 1. The lowest BCUT2D eigenvalue weighted by Gasteiger charge is -2.08. The summed E-state index contributed by atoms with van der Waals surface area (Å²) in [6.07, 6.45) is 4.71. The molecule has 0 fully saturated rings. The van der Waals surface area contributed by atoms with Crippen molar-refractivity contribution in [2.24, 2.45) is 12.9 Å². The molecule has 6 heteroatoms. The van der Waals surface area contributed by atoms with Crippen LogP contribution in [-0.2, 0) is 20.0 Å². The van der Waals surface area contributed by atoms with Gasteiger partial charge in [-0.25, -0.2) is 10.8 Å². The van der Waals surface area contributed by atoms with Gasteiger partial charge in [0.25, 0.3) is 0 Å². The van der Waals surface area contributed by atoms with Crippen molar-refractivity contribution >= 4 is 5.82 Å². The molecule has 3 N–H and O–H groups in total. The summed E-state index contributed by atoms with van der Waals surface area (Å²) in [6.45, 7) is 4.82. The molecule has 0 atom stereocenters. The van der Waals surface area contributed by atoms with Crippen molar-refractivity contribution in [3.8, 4) is 0 Å². The first-order valence-corrected chi connectivity index (χ1v) is 5.66. The Morgan fingerprint density at radius 3 is 2.88 bits per heavy atom. The summed E-state index contributed by atoms with van der Waals surface area (Å²) in [5.74, 6) is 7.44. The van der Waals surface area contributed by atoms with Gasteiger partial charge in [-0.15, -0.1) is 0 Å². The van der Waals surface area contributed by atoms with Crippen LogP contribution in [0.4, 0.5) is 5.82 Å². The maximum absolute atomic E-state index is 5.53. The smallest absolute Gasteiger partial charge is 0.143 e. The average molecular weight is 234 g/mol. The van der Waals surface area contributed by atoms with Crippen molar-refractivity contribution in [3.05, 3.63) is 29.5 Å². The van der Waals surface area contributed by atoms with Gasteiger partial charge in [-0.3, -0.25) is 4.68 Å². The molecule has 0 aromatic carbocycles. The molecular formula is C11H18N6. The highest BCUT2D eigenvalue weighted by atomic mass is 15.4.